The molecule has 4 nitrogen and oxygen atoms in total. The molecule has 1 N–H and O–H groups in total. The van der Waals surface area contributed by atoms with Gasteiger partial charge in [0, 0.05) is 0 Å². The first-order valence-corrected chi connectivity index (χ1v) is 9.28. The second kappa shape index (κ2) is 9.69. The van der Waals surface area contributed by atoms with E-state index in [1.54, 1.807) is 25.1 Å². The Hall–Kier alpha value is -1.92. The van der Waals surface area contributed by atoms with Gasteiger partial charge in [-0.25, -0.2) is 4.39 Å². The zero-order valence-corrected chi connectivity index (χ0v) is 16.8. The van der Waals surface area contributed by atoms with E-state index in [4.69, 9.17) is 4.74 Å². The summed E-state index contributed by atoms with van der Waals surface area (Å²) in [4.78, 5) is 14.7. The molecule has 0 bridgehead atoms. The van der Waals surface area contributed by atoms with Crippen LogP contribution in [0.3, 0.4) is 0 Å². The lowest BCUT2D eigenvalue weighted by molar-refractivity contribution is -0.128. The van der Waals surface area contributed by atoms with Gasteiger partial charge in [0.2, 0.25) is 0 Å². The minimum Gasteiger partial charge on any atom is -0.480 e. The summed E-state index contributed by atoms with van der Waals surface area (Å²) in [5, 5.41) is 3.02. The first-order chi connectivity index (χ1) is 12.4. The molecule has 0 aliphatic rings. The van der Waals surface area contributed by atoms with Crippen molar-refractivity contribution >= 4 is 21.8 Å². The van der Waals surface area contributed by atoms with Gasteiger partial charge in [-0.1, -0.05) is 24.3 Å². The van der Waals surface area contributed by atoms with Crippen LogP contribution in [-0.2, 0) is 4.79 Å². The lowest BCUT2D eigenvalue weighted by atomic mass is 10.0. The normalized spacial score (nSPS) is 13.3. The third kappa shape index (κ3) is 6.11. The Morgan fingerprint density at radius 1 is 1.19 bits per heavy atom. The third-order valence-corrected chi connectivity index (χ3v) is 4.62. The number of hydrogen-bond donors (Lipinski definition) is 1. The van der Waals surface area contributed by atoms with E-state index in [1.807, 2.05) is 37.2 Å². The van der Waals surface area contributed by atoms with E-state index in [9.17, 15) is 9.18 Å². The molecule has 0 aromatic heterocycles. The van der Waals surface area contributed by atoms with Crippen molar-refractivity contribution in [3.8, 4) is 5.75 Å². The fourth-order valence-electron chi connectivity index (χ4n) is 2.48. The van der Waals surface area contributed by atoms with Gasteiger partial charge in [-0.15, -0.1) is 0 Å². The first kappa shape index (κ1) is 20.4. The summed E-state index contributed by atoms with van der Waals surface area (Å²) in [6.45, 7) is 2.50. The maximum Gasteiger partial charge on any atom is 0.261 e. The van der Waals surface area contributed by atoms with E-state index in [2.05, 4.69) is 21.2 Å². The summed E-state index contributed by atoms with van der Waals surface area (Å²) in [6, 6.07) is 13.4. The van der Waals surface area contributed by atoms with Crippen LogP contribution in [0.4, 0.5) is 4.39 Å². The number of rotatable bonds is 8. The minimum atomic E-state index is -0.656. The number of halogens is 2. The Kier molecular flexibility index (Phi) is 7.60. The molecule has 0 radical (unpaired) electrons. The van der Waals surface area contributed by atoms with E-state index in [0.717, 1.165) is 16.6 Å². The van der Waals surface area contributed by atoms with Crippen LogP contribution in [-0.4, -0.2) is 37.6 Å². The first-order valence-electron chi connectivity index (χ1n) is 8.48. The van der Waals surface area contributed by atoms with Gasteiger partial charge >= 0.3 is 0 Å². The smallest absolute Gasteiger partial charge is 0.261 e. The van der Waals surface area contributed by atoms with Gasteiger partial charge in [-0.05, 0) is 79.7 Å². The Labute approximate surface area is 162 Å². The Morgan fingerprint density at radius 3 is 2.46 bits per heavy atom. The van der Waals surface area contributed by atoms with Crippen LogP contribution < -0.4 is 10.1 Å². The molecule has 0 saturated heterocycles. The SMILES string of the molecule is CC(Oc1ccccc1Br)C(=O)NC(CCN(C)C)c1ccc(F)cc1. The van der Waals surface area contributed by atoms with Gasteiger partial charge in [0.05, 0.1) is 10.5 Å². The Balaban J connectivity index is 2.06. The fraction of sp³-hybridized carbons (Fsp3) is 0.350. The lowest BCUT2D eigenvalue weighted by Gasteiger charge is -2.23. The number of ether oxygens (including phenoxy) is 1. The number of para-hydroxylation sites is 1. The molecule has 0 heterocycles. The van der Waals surface area contributed by atoms with E-state index in [1.165, 1.54) is 12.1 Å². The summed E-state index contributed by atoms with van der Waals surface area (Å²) in [7, 11) is 3.95. The standard InChI is InChI=1S/C20H24BrFN2O2/c1-14(26-19-7-5-4-6-17(19)21)20(25)23-18(12-13-24(2)3)15-8-10-16(22)11-9-15/h4-11,14,18H,12-13H2,1-3H3,(H,23,25). The van der Waals surface area contributed by atoms with Crippen LogP contribution in [0.2, 0.25) is 0 Å². The number of hydrogen-bond acceptors (Lipinski definition) is 3. The zero-order chi connectivity index (χ0) is 19.1. The summed E-state index contributed by atoms with van der Waals surface area (Å²) >= 11 is 3.41. The number of nitrogens with zero attached hydrogens (tertiary/aromatic N) is 1. The van der Waals surface area contributed by atoms with Crippen LogP contribution in [0.15, 0.2) is 53.0 Å². The topological polar surface area (TPSA) is 41.6 Å². The van der Waals surface area contributed by atoms with Crippen molar-refractivity contribution in [1.82, 2.24) is 10.2 Å². The molecule has 2 atom stereocenters. The van der Waals surface area contributed by atoms with Crippen molar-refractivity contribution in [2.45, 2.75) is 25.5 Å². The van der Waals surface area contributed by atoms with Crippen LogP contribution in [0.25, 0.3) is 0 Å². The van der Waals surface area contributed by atoms with Crippen LogP contribution >= 0.6 is 15.9 Å². The molecule has 6 heteroatoms. The fourth-order valence-corrected chi connectivity index (χ4v) is 2.86. The number of amides is 1. The summed E-state index contributed by atoms with van der Waals surface area (Å²) in [5.41, 5.74) is 0.870. The molecular formula is C20H24BrFN2O2. The Morgan fingerprint density at radius 2 is 1.85 bits per heavy atom. The van der Waals surface area contributed by atoms with Crippen molar-refractivity contribution < 1.29 is 13.9 Å². The summed E-state index contributed by atoms with van der Waals surface area (Å²) in [6.07, 6.45) is 0.0579. The number of carbonyl (C=O) groups excluding carboxylic acids is 1. The van der Waals surface area contributed by atoms with E-state index >= 15 is 0 Å². The van der Waals surface area contributed by atoms with Crippen molar-refractivity contribution in [1.29, 1.82) is 0 Å². The zero-order valence-electron chi connectivity index (χ0n) is 15.2. The van der Waals surface area contributed by atoms with Crippen molar-refractivity contribution in [2.75, 3.05) is 20.6 Å². The van der Waals surface area contributed by atoms with Gasteiger partial charge in [0.25, 0.3) is 5.91 Å². The van der Waals surface area contributed by atoms with Gasteiger partial charge in [-0.3, -0.25) is 4.79 Å². The Bertz CT molecular complexity index is 722. The van der Waals surface area contributed by atoms with E-state index < -0.39 is 6.10 Å². The molecule has 0 spiro atoms. The highest BCUT2D eigenvalue weighted by Crippen LogP contribution is 2.25. The molecule has 0 saturated carbocycles. The highest BCUT2D eigenvalue weighted by molar-refractivity contribution is 9.10. The van der Waals surface area contributed by atoms with E-state index in [0.29, 0.717) is 12.2 Å². The molecule has 0 fully saturated rings. The maximum absolute atomic E-state index is 13.2. The molecule has 0 aliphatic heterocycles. The number of carbonyl (C=O) groups is 1. The highest BCUT2D eigenvalue weighted by Gasteiger charge is 2.21. The molecular weight excluding hydrogens is 399 g/mol. The van der Waals surface area contributed by atoms with Gasteiger partial charge in [0.1, 0.15) is 11.6 Å². The predicted octanol–water partition coefficient (Wildman–Crippen LogP) is 4.16. The molecule has 2 rings (SSSR count). The second-order valence-electron chi connectivity index (χ2n) is 6.40. The molecule has 26 heavy (non-hydrogen) atoms. The van der Waals surface area contributed by atoms with Crippen LogP contribution in [0.1, 0.15) is 24.9 Å². The lowest BCUT2D eigenvalue weighted by Crippen LogP contribution is -2.39. The predicted molar refractivity (Wildman–Crippen MR) is 105 cm³/mol. The number of benzene rings is 2. The average Bonchev–Trinajstić information content (AvgIpc) is 2.61. The quantitative estimate of drug-likeness (QED) is 0.693. The molecule has 2 unspecified atom stereocenters. The molecule has 1 amide bonds. The van der Waals surface area contributed by atoms with Crippen molar-refractivity contribution in [3.63, 3.8) is 0 Å². The van der Waals surface area contributed by atoms with Crippen molar-refractivity contribution in [3.05, 3.63) is 64.4 Å². The minimum absolute atomic E-state index is 0.212. The van der Waals surface area contributed by atoms with Gasteiger partial charge < -0.3 is 15.0 Å². The van der Waals surface area contributed by atoms with E-state index in [-0.39, 0.29) is 17.8 Å². The van der Waals surface area contributed by atoms with Crippen LogP contribution in [0, 0.1) is 5.82 Å². The van der Waals surface area contributed by atoms with Crippen molar-refractivity contribution in [2.24, 2.45) is 0 Å². The molecule has 2 aromatic rings. The number of nitrogens with one attached hydrogen (secondary N) is 1. The summed E-state index contributed by atoms with van der Waals surface area (Å²) < 4.78 is 19.8. The summed E-state index contributed by atoms with van der Waals surface area (Å²) in [5.74, 6) is 0.104. The van der Waals surface area contributed by atoms with Crippen LogP contribution in [0.5, 0.6) is 5.75 Å². The van der Waals surface area contributed by atoms with Gasteiger partial charge in [0.15, 0.2) is 6.10 Å². The largest absolute Gasteiger partial charge is 0.480 e. The second-order valence-corrected chi connectivity index (χ2v) is 7.25. The average molecular weight is 423 g/mol. The molecule has 140 valence electrons. The molecule has 2 aromatic carbocycles. The maximum atomic E-state index is 13.2. The third-order valence-electron chi connectivity index (χ3n) is 3.96. The van der Waals surface area contributed by atoms with Gasteiger partial charge in [-0.2, -0.15) is 0 Å². The molecule has 0 aliphatic carbocycles. The monoisotopic (exact) mass is 422 g/mol. The highest BCUT2D eigenvalue weighted by atomic mass is 79.9.